The summed E-state index contributed by atoms with van der Waals surface area (Å²) in [7, 11) is -2.82. The molecule has 2 unspecified atom stereocenters. The highest BCUT2D eigenvalue weighted by molar-refractivity contribution is 9.09. The molecule has 0 radical (unpaired) electrons. The Labute approximate surface area is 108 Å². The maximum absolute atomic E-state index is 11.6. The number of rotatable bonds is 5. The lowest BCUT2D eigenvalue weighted by atomic mass is 10.0. The Bertz CT molecular complexity index is 305. The average molecular weight is 312 g/mol. The Morgan fingerprint density at radius 3 is 2.62 bits per heavy atom. The van der Waals surface area contributed by atoms with Gasteiger partial charge in [0.25, 0.3) is 0 Å². The fourth-order valence-corrected chi connectivity index (χ4v) is 3.82. The number of likely N-dealkylation sites (tertiary alicyclic amines) is 1. The van der Waals surface area contributed by atoms with Crippen LogP contribution in [0.5, 0.6) is 0 Å². The van der Waals surface area contributed by atoms with Gasteiger partial charge in [-0.3, -0.25) is 0 Å². The predicted octanol–water partition coefficient (Wildman–Crippen LogP) is 1.92. The molecule has 96 valence electrons. The summed E-state index contributed by atoms with van der Waals surface area (Å²) in [4.78, 5) is 2.87. The van der Waals surface area contributed by atoms with Crippen LogP contribution in [-0.2, 0) is 9.84 Å². The van der Waals surface area contributed by atoms with Crippen molar-refractivity contribution in [1.29, 1.82) is 0 Å². The molecular weight excluding hydrogens is 290 g/mol. The summed E-state index contributed by atoms with van der Waals surface area (Å²) in [6, 6.07) is 0. The molecule has 0 saturated carbocycles. The van der Waals surface area contributed by atoms with Crippen LogP contribution in [0.2, 0.25) is 0 Å². The molecule has 0 N–H and O–H groups in total. The van der Waals surface area contributed by atoms with Crippen LogP contribution in [0.25, 0.3) is 0 Å². The zero-order valence-electron chi connectivity index (χ0n) is 10.2. The van der Waals surface area contributed by atoms with Crippen molar-refractivity contribution in [3.63, 3.8) is 0 Å². The van der Waals surface area contributed by atoms with Crippen LogP contribution in [0.15, 0.2) is 0 Å². The topological polar surface area (TPSA) is 37.4 Å². The molecule has 0 aliphatic carbocycles. The van der Waals surface area contributed by atoms with Gasteiger partial charge in [0.05, 0.1) is 5.75 Å². The van der Waals surface area contributed by atoms with Gasteiger partial charge in [0.15, 0.2) is 9.84 Å². The lowest BCUT2D eigenvalue weighted by Gasteiger charge is -2.34. The van der Waals surface area contributed by atoms with E-state index in [0.717, 1.165) is 25.9 Å². The Morgan fingerprint density at radius 1 is 1.38 bits per heavy atom. The van der Waals surface area contributed by atoms with E-state index in [2.05, 4.69) is 27.8 Å². The molecule has 3 nitrogen and oxygen atoms in total. The van der Waals surface area contributed by atoms with Gasteiger partial charge >= 0.3 is 0 Å². The molecule has 2 atom stereocenters. The highest BCUT2D eigenvalue weighted by Gasteiger charge is 2.24. The third-order valence-electron chi connectivity index (χ3n) is 3.12. The van der Waals surface area contributed by atoms with E-state index in [0.29, 0.717) is 28.8 Å². The quantitative estimate of drug-likeness (QED) is 0.728. The van der Waals surface area contributed by atoms with Crippen molar-refractivity contribution in [2.45, 2.75) is 31.5 Å². The molecule has 0 amide bonds. The number of alkyl halides is 1. The number of hydrogen-bond donors (Lipinski definition) is 0. The summed E-state index contributed by atoms with van der Waals surface area (Å²) >= 11 is 3.65. The van der Waals surface area contributed by atoms with E-state index in [9.17, 15) is 8.42 Å². The zero-order chi connectivity index (χ0) is 12.2. The Kier molecular flexibility index (Phi) is 5.74. The maximum Gasteiger partial charge on any atom is 0.151 e. The van der Waals surface area contributed by atoms with E-state index in [-0.39, 0.29) is 0 Å². The van der Waals surface area contributed by atoms with Crippen LogP contribution in [0, 0.1) is 5.92 Å². The number of halogens is 1. The first-order valence-corrected chi connectivity index (χ1v) is 8.75. The van der Waals surface area contributed by atoms with Crippen LogP contribution >= 0.6 is 15.9 Å². The van der Waals surface area contributed by atoms with Gasteiger partial charge in [-0.15, -0.1) is 0 Å². The number of sulfone groups is 1. The van der Waals surface area contributed by atoms with Crippen molar-refractivity contribution in [3.8, 4) is 0 Å². The lowest BCUT2D eigenvalue weighted by Crippen LogP contribution is -2.42. The molecule has 1 aliphatic rings. The summed E-state index contributed by atoms with van der Waals surface area (Å²) in [6.45, 7) is 6.86. The summed E-state index contributed by atoms with van der Waals surface area (Å²) in [5.41, 5.74) is 0. The van der Waals surface area contributed by atoms with Gasteiger partial charge in [0.2, 0.25) is 0 Å². The van der Waals surface area contributed by atoms with Crippen molar-refractivity contribution >= 4 is 25.8 Å². The minimum atomic E-state index is -2.82. The van der Waals surface area contributed by atoms with Crippen molar-refractivity contribution in [2.75, 3.05) is 31.1 Å². The molecule has 1 rings (SSSR count). The highest BCUT2D eigenvalue weighted by atomic mass is 79.9. The Balaban J connectivity index is 2.34. The number of nitrogens with zero attached hydrogens (tertiary/aromatic N) is 1. The zero-order valence-corrected chi connectivity index (χ0v) is 12.6. The van der Waals surface area contributed by atoms with Crippen LogP contribution in [0.3, 0.4) is 0 Å². The minimum Gasteiger partial charge on any atom is -0.302 e. The van der Waals surface area contributed by atoms with Crippen molar-refractivity contribution < 1.29 is 8.42 Å². The smallest absolute Gasteiger partial charge is 0.151 e. The van der Waals surface area contributed by atoms with Gasteiger partial charge in [-0.25, -0.2) is 8.42 Å². The molecule has 1 heterocycles. The standard InChI is InChI=1S/C11H22BrNO2S/c1-3-7-16(14,15)8-6-13-5-4-11(12)10(2)9-13/h10-11H,3-9H2,1-2H3. The fraction of sp³-hybridized carbons (Fsp3) is 1.00. The van der Waals surface area contributed by atoms with Crippen LogP contribution in [0.4, 0.5) is 0 Å². The van der Waals surface area contributed by atoms with E-state index >= 15 is 0 Å². The van der Waals surface area contributed by atoms with Gasteiger partial charge in [0.1, 0.15) is 0 Å². The second-order valence-electron chi connectivity index (χ2n) is 4.73. The summed E-state index contributed by atoms with van der Waals surface area (Å²) in [5.74, 6) is 1.26. The molecule has 0 aromatic heterocycles. The fourth-order valence-electron chi connectivity index (χ4n) is 2.09. The molecule has 1 fully saturated rings. The molecule has 5 heteroatoms. The molecule has 0 aromatic carbocycles. The lowest BCUT2D eigenvalue weighted by molar-refractivity contribution is 0.201. The van der Waals surface area contributed by atoms with Crippen LogP contribution in [0.1, 0.15) is 26.7 Å². The van der Waals surface area contributed by atoms with E-state index in [4.69, 9.17) is 0 Å². The first-order valence-electron chi connectivity index (χ1n) is 6.01. The molecule has 1 saturated heterocycles. The first-order chi connectivity index (χ1) is 7.44. The normalized spacial score (nSPS) is 28.2. The molecular formula is C11H22BrNO2S. The van der Waals surface area contributed by atoms with Crippen molar-refractivity contribution in [3.05, 3.63) is 0 Å². The number of hydrogen-bond acceptors (Lipinski definition) is 3. The third kappa shape index (κ3) is 4.72. The van der Waals surface area contributed by atoms with Gasteiger partial charge in [-0.1, -0.05) is 29.8 Å². The average Bonchev–Trinajstić information content (AvgIpc) is 2.20. The SMILES string of the molecule is CCCS(=O)(=O)CCN1CCC(Br)C(C)C1. The third-order valence-corrected chi connectivity index (χ3v) is 6.31. The van der Waals surface area contributed by atoms with Crippen molar-refractivity contribution in [2.24, 2.45) is 5.92 Å². The second-order valence-corrected chi connectivity index (χ2v) is 8.21. The summed E-state index contributed by atoms with van der Waals surface area (Å²) in [6.07, 6.45) is 1.84. The summed E-state index contributed by atoms with van der Waals surface area (Å²) < 4.78 is 23.2. The van der Waals surface area contributed by atoms with E-state index < -0.39 is 9.84 Å². The molecule has 0 bridgehead atoms. The minimum absolute atomic E-state index is 0.320. The highest BCUT2D eigenvalue weighted by Crippen LogP contribution is 2.23. The largest absolute Gasteiger partial charge is 0.302 e. The first kappa shape index (κ1) is 14.5. The summed E-state index contributed by atoms with van der Waals surface area (Å²) in [5, 5.41) is 0. The van der Waals surface area contributed by atoms with Crippen LogP contribution < -0.4 is 0 Å². The van der Waals surface area contributed by atoms with E-state index in [1.165, 1.54) is 0 Å². The van der Waals surface area contributed by atoms with E-state index in [1.54, 1.807) is 0 Å². The predicted molar refractivity (Wildman–Crippen MR) is 71.9 cm³/mol. The molecule has 16 heavy (non-hydrogen) atoms. The van der Waals surface area contributed by atoms with Crippen molar-refractivity contribution in [1.82, 2.24) is 4.90 Å². The Hall–Kier alpha value is 0.390. The molecule has 0 aromatic rings. The molecule has 0 spiro atoms. The van der Waals surface area contributed by atoms with Gasteiger partial charge in [0, 0.05) is 23.7 Å². The van der Waals surface area contributed by atoms with Crippen LogP contribution in [-0.4, -0.2) is 49.3 Å². The second kappa shape index (κ2) is 6.36. The monoisotopic (exact) mass is 311 g/mol. The van der Waals surface area contributed by atoms with Gasteiger partial charge in [-0.2, -0.15) is 0 Å². The maximum atomic E-state index is 11.6. The van der Waals surface area contributed by atoms with Gasteiger partial charge in [-0.05, 0) is 25.3 Å². The van der Waals surface area contributed by atoms with E-state index in [1.807, 2.05) is 6.92 Å². The molecule has 1 aliphatic heterocycles. The number of piperidine rings is 1. The van der Waals surface area contributed by atoms with Gasteiger partial charge < -0.3 is 4.90 Å². The Morgan fingerprint density at radius 2 is 2.06 bits per heavy atom.